The molecule has 1 atom stereocenters. The predicted molar refractivity (Wildman–Crippen MR) is 76.1 cm³/mol. The number of nitrogens with zero attached hydrogens (tertiary/aromatic N) is 2. The first-order valence-electron chi connectivity index (χ1n) is 7.91. The van der Waals surface area contributed by atoms with Gasteiger partial charge in [-0.2, -0.15) is 0 Å². The molecule has 0 bridgehead atoms. The molecule has 0 aliphatic heterocycles. The molecule has 1 aliphatic carbocycles. The molecule has 4 nitrogen and oxygen atoms in total. The Hall–Kier alpha value is -0.900. The molecule has 1 heterocycles. The molecule has 1 fully saturated rings. The Balaban J connectivity index is 2.01. The monoisotopic (exact) mass is 265 g/mol. The van der Waals surface area contributed by atoms with Crippen molar-refractivity contribution < 1.29 is 4.42 Å². The molecule has 0 amide bonds. The Morgan fingerprint density at radius 1 is 1.11 bits per heavy atom. The van der Waals surface area contributed by atoms with Crippen LogP contribution in [-0.2, 0) is 0 Å². The van der Waals surface area contributed by atoms with E-state index in [1.807, 2.05) is 0 Å². The van der Waals surface area contributed by atoms with E-state index in [1.165, 1.54) is 44.9 Å². The number of nitrogens with one attached hydrogen (secondary N) is 1. The lowest BCUT2D eigenvalue weighted by Gasteiger charge is -2.16. The third-order valence-corrected chi connectivity index (χ3v) is 4.07. The molecule has 1 N–H and O–H groups in total. The molecule has 0 aromatic carbocycles. The normalized spacial score (nSPS) is 19.9. The molecule has 0 saturated heterocycles. The lowest BCUT2D eigenvalue weighted by Crippen LogP contribution is -2.20. The van der Waals surface area contributed by atoms with E-state index in [9.17, 15) is 0 Å². The van der Waals surface area contributed by atoms with Gasteiger partial charge in [0, 0.05) is 5.92 Å². The van der Waals surface area contributed by atoms with Gasteiger partial charge in [-0.1, -0.05) is 46.0 Å². The minimum Gasteiger partial charge on any atom is -0.423 e. The molecule has 1 unspecified atom stereocenters. The third kappa shape index (κ3) is 4.03. The van der Waals surface area contributed by atoms with Crippen LogP contribution in [0.15, 0.2) is 4.42 Å². The largest absolute Gasteiger partial charge is 0.423 e. The van der Waals surface area contributed by atoms with Crippen LogP contribution in [0.1, 0.15) is 89.0 Å². The fourth-order valence-electron chi connectivity index (χ4n) is 2.91. The smallest absolute Gasteiger partial charge is 0.233 e. The van der Waals surface area contributed by atoms with Gasteiger partial charge in [-0.15, -0.1) is 10.2 Å². The van der Waals surface area contributed by atoms with E-state index in [4.69, 9.17) is 4.42 Å². The van der Waals surface area contributed by atoms with Crippen LogP contribution < -0.4 is 5.32 Å². The van der Waals surface area contributed by atoms with Gasteiger partial charge in [0.25, 0.3) is 0 Å². The highest BCUT2D eigenvalue weighted by Gasteiger charge is 2.22. The minimum atomic E-state index is 0.208. The van der Waals surface area contributed by atoms with E-state index in [1.54, 1.807) is 0 Å². The van der Waals surface area contributed by atoms with E-state index in [2.05, 4.69) is 29.4 Å². The summed E-state index contributed by atoms with van der Waals surface area (Å²) in [6.07, 6.45) is 10.1. The highest BCUT2D eigenvalue weighted by molar-refractivity contribution is 4.95. The predicted octanol–water partition coefficient (Wildman–Crippen LogP) is 3.96. The van der Waals surface area contributed by atoms with Gasteiger partial charge in [0.2, 0.25) is 11.8 Å². The van der Waals surface area contributed by atoms with Gasteiger partial charge in [-0.25, -0.2) is 0 Å². The zero-order valence-electron chi connectivity index (χ0n) is 12.3. The van der Waals surface area contributed by atoms with E-state index < -0.39 is 0 Å². The van der Waals surface area contributed by atoms with Crippen LogP contribution in [0.2, 0.25) is 0 Å². The fraction of sp³-hybridized carbons (Fsp3) is 0.867. The first-order valence-corrected chi connectivity index (χ1v) is 7.91. The Morgan fingerprint density at radius 2 is 1.79 bits per heavy atom. The fourth-order valence-corrected chi connectivity index (χ4v) is 2.91. The van der Waals surface area contributed by atoms with Crippen LogP contribution >= 0.6 is 0 Å². The van der Waals surface area contributed by atoms with Crippen molar-refractivity contribution in [3.8, 4) is 0 Å². The second-order valence-corrected chi connectivity index (χ2v) is 5.54. The summed E-state index contributed by atoms with van der Waals surface area (Å²) in [5.74, 6) is 2.12. The molecule has 1 aromatic rings. The van der Waals surface area contributed by atoms with Gasteiger partial charge in [0.05, 0.1) is 6.04 Å². The van der Waals surface area contributed by atoms with E-state index in [0.717, 1.165) is 24.7 Å². The van der Waals surface area contributed by atoms with Gasteiger partial charge >= 0.3 is 0 Å². The summed E-state index contributed by atoms with van der Waals surface area (Å²) in [4.78, 5) is 0. The molecule has 1 aromatic heterocycles. The summed E-state index contributed by atoms with van der Waals surface area (Å²) in [7, 11) is 0. The lowest BCUT2D eigenvalue weighted by atomic mass is 9.91. The van der Waals surface area contributed by atoms with Crippen LogP contribution in [-0.4, -0.2) is 16.7 Å². The maximum absolute atomic E-state index is 5.94. The Labute approximate surface area is 116 Å². The topological polar surface area (TPSA) is 51.0 Å². The molecule has 1 saturated carbocycles. The second-order valence-electron chi connectivity index (χ2n) is 5.54. The van der Waals surface area contributed by atoms with Crippen molar-refractivity contribution in [3.63, 3.8) is 0 Å². The van der Waals surface area contributed by atoms with Crippen molar-refractivity contribution in [2.75, 3.05) is 6.54 Å². The molecule has 1 aliphatic rings. The van der Waals surface area contributed by atoms with Crippen molar-refractivity contribution in [2.24, 2.45) is 0 Å². The zero-order valence-corrected chi connectivity index (χ0v) is 12.3. The molecule has 108 valence electrons. The summed E-state index contributed by atoms with van der Waals surface area (Å²) in [5, 5.41) is 12.0. The molecular formula is C15H27N3O. The Morgan fingerprint density at radius 3 is 2.42 bits per heavy atom. The van der Waals surface area contributed by atoms with Crippen molar-refractivity contribution in [2.45, 2.75) is 77.2 Å². The van der Waals surface area contributed by atoms with Crippen molar-refractivity contribution in [1.82, 2.24) is 15.5 Å². The van der Waals surface area contributed by atoms with Gasteiger partial charge in [0.1, 0.15) is 0 Å². The van der Waals surface area contributed by atoms with Gasteiger partial charge < -0.3 is 9.73 Å². The van der Waals surface area contributed by atoms with E-state index in [0.29, 0.717) is 5.92 Å². The van der Waals surface area contributed by atoms with Crippen molar-refractivity contribution in [3.05, 3.63) is 11.8 Å². The Bertz CT molecular complexity index is 356. The summed E-state index contributed by atoms with van der Waals surface area (Å²) in [6.45, 7) is 5.18. The van der Waals surface area contributed by atoms with Crippen LogP contribution in [0.25, 0.3) is 0 Å². The zero-order chi connectivity index (χ0) is 13.5. The SMILES string of the molecule is CCNC(CC)c1nnc(C2CCCCCCC2)o1. The van der Waals surface area contributed by atoms with Gasteiger partial charge in [0.15, 0.2) is 0 Å². The maximum atomic E-state index is 5.94. The molecule has 0 spiro atoms. The molecule has 2 rings (SSSR count). The number of aromatic nitrogens is 2. The lowest BCUT2D eigenvalue weighted by molar-refractivity contribution is 0.336. The van der Waals surface area contributed by atoms with Gasteiger partial charge in [-0.3, -0.25) is 0 Å². The van der Waals surface area contributed by atoms with E-state index in [-0.39, 0.29) is 6.04 Å². The van der Waals surface area contributed by atoms with Crippen LogP contribution in [0.3, 0.4) is 0 Å². The quantitative estimate of drug-likeness (QED) is 0.875. The highest BCUT2D eigenvalue weighted by Crippen LogP contribution is 2.30. The average molecular weight is 265 g/mol. The maximum Gasteiger partial charge on any atom is 0.233 e. The second kappa shape index (κ2) is 7.63. The van der Waals surface area contributed by atoms with Crippen molar-refractivity contribution >= 4 is 0 Å². The van der Waals surface area contributed by atoms with Crippen LogP contribution in [0.5, 0.6) is 0 Å². The first-order chi connectivity index (χ1) is 9.35. The van der Waals surface area contributed by atoms with Crippen LogP contribution in [0, 0.1) is 0 Å². The standard InChI is InChI=1S/C15H27N3O/c1-3-13(16-4-2)15-18-17-14(19-15)12-10-8-6-5-7-9-11-12/h12-13,16H,3-11H2,1-2H3. The summed E-state index contributed by atoms with van der Waals surface area (Å²) in [5.41, 5.74) is 0. The molecule has 0 radical (unpaired) electrons. The highest BCUT2D eigenvalue weighted by atomic mass is 16.4. The third-order valence-electron chi connectivity index (χ3n) is 4.07. The molecule has 4 heteroatoms. The number of rotatable bonds is 5. The summed E-state index contributed by atoms with van der Waals surface area (Å²) in [6, 6.07) is 0.208. The van der Waals surface area contributed by atoms with E-state index >= 15 is 0 Å². The number of hydrogen-bond donors (Lipinski definition) is 1. The van der Waals surface area contributed by atoms with Crippen molar-refractivity contribution in [1.29, 1.82) is 0 Å². The number of hydrogen-bond acceptors (Lipinski definition) is 4. The summed E-state index contributed by atoms with van der Waals surface area (Å²) < 4.78 is 5.94. The first kappa shape index (κ1) is 14.5. The average Bonchev–Trinajstić information content (AvgIpc) is 2.85. The minimum absolute atomic E-state index is 0.208. The van der Waals surface area contributed by atoms with Crippen LogP contribution in [0.4, 0.5) is 0 Å². The summed E-state index contributed by atoms with van der Waals surface area (Å²) >= 11 is 0. The van der Waals surface area contributed by atoms with Gasteiger partial charge in [-0.05, 0) is 25.8 Å². The molecule has 19 heavy (non-hydrogen) atoms. The Kier molecular flexibility index (Phi) is 5.83. The molecular weight excluding hydrogens is 238 g/mol.